The van der Waals surface area contributed by atoms with Crippen molar-refractivity contribution in [3.63, 3.8) is 0 Å². The molecule has 30 heavy (non-hydrogen) atoms. The van der Waals surface area contributed by atoms with Gasteiger partial charge < -0.3 is 14.0 Å². The summed E-state index contributed by atoms with van der Waals surface area (Å²) in [7, 11) is 1.63. The summed E-state index contributed by atoms with van der Waals surface area (Å²) in [6.45, 7) is 2.71. The summed E-state index contributed by atoms with van der Waals surface area (Å²) in [6, 6.07) is 13.5. The van der Waals surface area contributed by atoms with Crippen LogP contribution >= 0.6 is 0 Å². The van der Waals surface area contributed by atoms with Crippen molar-refractivity contribution in [2.24, 2.45) is 0 Å². The minimum Gasteiger partial charge on any atom is -0.491 e. The molecule has 1 atom stereocenters. The van der Waals surface area contributed by atoms with Gasteiger partial charge in [0.15, 0.2) is 0 Å². The van der Waals surface area contributed by atoms with Gasteiger partial charge in [-0.1, -0.05) is 17.3 Å². The maximum absolute atomic E-state index is 8.96. The van der Waals surface area contributed by atoms with Crippen LogP contribution in [0.2, 0.25) is 0 Å². The highest BCUT2D eigenvalue weighted by Crippen LogP contribution is 2.33. The van der Waals surface area contributed by atoms with Crippen molar-refractivity contribution >= 4 is 0 Å². The van der Waals surface area contributed by atoms with Gasteiger partial charge >= 0.3 is 0 Å². The fourth-order valence-electron chi connectivity index (χ4n) is 3.55. The molecule has 4 rings (SSSR count). The van der Waals surface area contributed by atoms with E-state index < -0.39 is 0 Å². The van der Waals surface area contributed by atoms with Crippen LogP contribution in [0.5, 0.6) is 5.75 Å². The first-order valence-corrected chi connectivity index (χ1v) is 9.91. The molecule has 8 nitrogen and oxygen atoms in total. The third kappa shape index (κ3) is 4.64. The Hall–Kier alpha value is -3.28. The van der Waals surface area contributed by atoms with Crippen molar-refractivity contribution in [2.75, 3.05) is 26.9 Å². The van der Waals surface area contributed by atoms with Gasteiger partial charge in [0.05, 0.1) is 24.3 Å². The molecule has 3 aromatic rings. The molecule has 0 radical (unpaired) electrons. The number of nitriles is 1. The Labute approximate surface area is 175 Å². The highest BCUT2D eigenvalue weighted by Gasteiger charge is 2.31. The van der Waals surface area contributed by atoms with Gasteiger partial charge in [-0.15, -0.1) is 0 Å². The standard InChI is InChI=1S/C22H23N5O3/c1-28-11-12-29-18-8-9-24-19(13-18)21-25-22(30-26-21)20-3-2-10-27(20)15-17-6-4-16(14-23)5-7-17/h4-9,13,20H,2-3,10-12,15H2,1H3/t20-/m1/s1. The summed E-state index contributed by atoms with van der Waals surface area (Å²) in [4.78, 5) is 11.3. The molecule has 0 aliphatic carbocycles. The number of rotatable bonds is 8. The second-order valence-electron chi connectivity index (χ2n) is 7.11. The molecule has 1 aliphatic rings. The maximum atomic E-state index is 8.96. The third-order valence-electron chi connectivity index (χ3n) is 5.08. The van der Waals surface area contributed by atoms with Crippen LogP contribution in [0.1, 0.15) is 35.9 Å². The summed E-state index contributed by atoms with van der Waals surface area (Å²) < 4.78 is 16.2. The van der Waals surface area contributed by atoms with Crippen LogP contribution in [0.25, 0.3) is 11.5 Å². The summed E-state index contributed by atoms with van der Waals surface area (Å²) in [5, 5.41) is 13.1. The number of pyridine rings is 1. The number of hydrogen-bond donors (Lipinski definition) is 0. The Morgan fingerprint density at radius 1 is 1.23 bits per heavy atom. The lowest BCUT2D eigenvalue weighted by molar-refractivity contribution is 0.146. The molecule has 8 heteroatoms. The normalized spacial score (nSPS) is 16.5. The first-order chi connectivity index (χ1) is 14.8. The van der Waals surface area contributed by atoms with Crippen molar-refractivity contribution in [3.05, 3.63) is 59.6 Å². The zero-order chi connectivity index (χ0) is 20.8. The van der Waals surface area contributed by atoms with Crippen LogP contribution in [0.3, 0.4) is 0 Å². The molecule has 0 spiro atoms. The molecule has 0 unspecified atom stereocenters. The summed E-state index contributed by atoms with van der Waals surface area (Å²) in [5.41, 5.74) is 2.43. The van der Waals surface area contributed by atoms with Crippen LogP contribution < -0.4 is 4.74 Å². The number of aromatic nitrogens is 3. The average molecular weight is 405 g/mol. The highest BCUT2D eigenvalue weighted by molar-refractivity contribution is 5.50. The van der Waals surface area contributed by atoms with Crippen molar-refractivity contribution in [3.8, 4) is 23.3 Å². The van der Waals surface area contributed by atoms with Crippen LogP contribution in [-0.2, 0) is 11.3 Å². The minimum absolute atomic E-state index is 0.0722. The van der Waals surface area contributed by atoms with E-state index in [-0.39, 0.29) is 6.04 Å². The van der Waals surface area contributed by atoms with E-state index in [2.05, 4.69) is 26.1 Å². The number of methoxy groups -OCH3 is 1. The van der Waals surface area contributed by atoms with Crippen LogP contribution in [0, 0.1) is 11.3 Å². The van der Waals surface area contributed by atoms with Crippen molar-refractivity contribution in [2.45, 2.75) is 25.4 Å². The number of likely N-dealkylation sites (tertiary alicyclic amines) is 1. The summed E-state index contributed by atoms with van der Waals surface area (Å²) in [5.74, 6) is 1.74. The van der Waals surface area contributed by atoms with E-state index in [4.69, 9.17) is 19.3 Å². The zero-order valence-electron chi connectivity index (χ0n) is 16.8. The lowest BCUT2D eigenvalue weighted by Crippen LogP contribution is -2.23. The Balaban J connectivity index is 1.46. The second-order valence-corrected chi connectivity index (χ2v) is 7.11. The lowest BCUT2D eigenvalue weighted by Gasteiger charge is -2.21. The van der Waals surface area contributed by atoms with E-state index in [1.54, 1.807) is 25.4 Å². The van der Waals surface area contributed by atoms with E-state index >= 15 is 0 Å². The van der Waals surface area contributed by atoms with Crippen LogP contribution in [0.4, 0.5) is 0 Å². The quantitative estimate of drug-likeness (QED) is 0.526. The third-order valence-corrected chi connectivity index (χ3v) is 5.08. The molecule has 1 saturated heterocycles. The fourth-order valence-corrected chi connectivity index (χ4v) is 3.55. The van der Waals surface area contributed by atoms with E-state index in [1.807, 2.05) is 24.3 Å². The molecule has 1 fully saturated rings. The van der Waals surface area contributed by atoms with Gasteiger partial charge in [0.1, 0.15) is 18.1 Å². The Morgan fingerprint density at radius 2 is 2.10 bits per heavy atom. The molecule has 0 bridgehead atoms. The van der Waals surface area contributed by atoms with Crippen molar-refractivity contribution in [1.82, 2.24) is 20.0 Å². The predicted molar refractivity (Wildman–Crippen MR) is 108 cm³/mol. The van der Waals surface area contributed by atoms with Gasteiger partial charge in [0.25, 0.3) is 0 Å². The number of nitrogens with zero attached hydrogens (tertiary/aromatic N) is 5. The van der Waals surface area contributed by atoms with Gasteiger partial charge in [0.2, 0.25) is 11.7 Å². The largest absolute Gasteiger partial charge is 0.491 e. The SMILES string of the molecule is COCCOc1ccnc(-c2noc([C@H]3CCCN3Cc3ccc(C#N)cc3)n2)c1. The van der Waals surface area contributed by atoms with E-state index in [9.17, 15) is 0 Å². The van der Waals surface area contributed by atoms with Gasteiger partial charge in [-0.2, -0.15) is 10.2 Å². The first kappa shape index (κ1) is 20.0. The monoisotopic (exact) mass is 405 g/mol. The molecule has 0 saturated carbocycles. The fraction of sp³-hybridized carbons (Fsp3) is 0.364. The molecule has 0 amide bonds. The zero-order valence-corrected chi connectivity index (χ0v) is 16.8. The van der Waals surface area contributed by atoms with E-state index in [1.165, 1.54) is 0 Å². The number of benzene rings is 1. The van der Waals surface area contributed by atoms with Gasteiger partial charge in [-0.3, -0.25) is 9.88 Å². The number of hydrogen-bond acceptors (Lipinski definition) is 8. The molecular formula is C22H23N5O3. The summed E-state index contributed by atoms with van der Waals surface area (Å²) in [6.07, 6.45) is 3.70. The molecule has 1 aromatic carbocycles. The van der Waals surface area contributed by atoms with Crippen molar-refractivity contribution in [1.29, 1.82) is 5.26 Å². The topological polar surface area (TPSA) is 97.3 Å². The second kappa shape index (κ2) is 9.48. The van der Waals surface area contributed by atoms with E-state index in [0.29, 0.717) is 41.9 Å². The smallest absolute Gasteiger partial charge is 0.244 e. The van der Waals surface area contributed by atoms with E-state index in [0.717, 1.165) is 31.5 Å². The van der Waals surface area contributed by atoms with Gasteiger partial charge in [-0.25, -0.2) is 0 Å². The first-order valence-electron chi connectivity index (χ1n) is 9.91. The van der Waals surface area contributed by atoms with Crippen molar-refractivity contribution < 1.29 is 14.0 Å². The summed E-state index contributed by atoms with van der Waals surface area (Å²) >= 11 is 0. The van der Waals surface area contributed by atoms with Crippen LogP contribution in [0.15, 0.2) is 47.1 Å². The predicted octanol–water partition coefficient (Wildman–Crippen LogP) is 3.37. The average Bonchev–Trinajstić information content (AvgIpc) is 3.44. The Morgan fingerprint density at radius 3 is 2.90 bits per heavy atom. The molecule has 2 aromatic heterocycles. The van der Waals surface area contributed by atoms with Gasteiger partial charge in [0, 0.05) is 25.9 Å². The van der Waals surface area contributed by atoms with Crippen LogP contribution in [-0.4, -0.2) is 46.9 Å². The maximum Gasteiger partial charge on any atom is 0.244 e. The molecule has 3 heterocycles. The minimum atomic E-state index is 0.0722. The molecule has 1 aliphatic heterocycles. The Bertz CT molecular complexity index is 1010. The number of ether oxygens (including phenoxy) is 2. The Kier molecular flexibility index (Phi) is 6.32. The molecule has 0 N–H and O–H groups in total. The highest BCUT2D eigenvalue weighted by atomic mass is 16.5. The molecular weight excluding hydrogens is 382 g/mol. The molecule has 154 valence electrons. The lowest BCUT2D eigenvalue weighted by atomic mass is 10.1. The van der Waals surface area contributed by atoms with Gasteiger partial charge in [-0.05, 0) is 43.1 Å².